The standard InChI is InChI=1S/C20H25NO2/c1-3-11-21-14(2)19(17-7-4-5-9-18(17)21)15-8-6-12-22-20-16(15)10-13-23-20/h3-5,7,9,15-16,20H,1,6,8,10-13H2,2H3/t15-,16+,20+/m0/s1. The van der Waals surface area contributed by atoms with Crippen LogP contribution in [0.15, 0.2) is 36.9 Å². The number of para-hydroxylation sites is 1. The highest BCUT2D eigenvalue weighted by molar-refractivity contribution is 5.86. The average Bonchev–Trinajstić information content (AvgIpc) is 3.07. The van der Waals surface area contributed by atoms with Gasteiger partial charge in [-0.2, -0.15) is 0 Å². The quantitative estimate of drug-likeness (QED) is 0.785. The molecular weight excluding hydrogens is 286 g/mol. The Morgan fingerprint density at radius 3 is 2.91 bits per heavy atom. The van der Waals surface area contributed by atoms with Crippen molar-refractivity contribution in [2.45, 2.75) is 44.9 Å². The minimum atomic E-state index is -0.0107. The highest BCUT2D eigenvalue weighted by atomic mass is 16.7. The van der Waals surface area contributed by atoms with E-state index in [9.17, 15) is 0 Å². The lowest BCUT2D eigenvalue weighted by Gasteiger charge is -2.25. The molecule has 2 aromatic rings. The summed E-state index contributed by atoms with van der Waals surface area (Å²) >= 11 is 0. The lowest BCUT2D eigenvalue weighted by Crippen LogP contribution is -2.23. The summed E-state index contributed by atoms with van der Waals surface area (Å²) in [5, 5.41) is 1.39. The third-order valence-corrected chi connectivity index (χ3v) is 5.50. The van der Waals surface area contributed by atoms with E-state index < -0.39 is 0 Å². The van der Waals surface area contributed by atoms with E-state index in [4.69, 9.17) is 9.47 Å². The number of fused-ring (bicyclic) bond motifs is 2. The van der Waals surface area contributed by atoms with Gasteiger partial charge in [0, 0.05) is 35.7 Å². The van der Waals surface area contributed by atoms with E-state index in [1.165, 1.54) is 28.6 Å². The second-order valence-electron chi connectivity index (χ2n) is 6.73. The molecule has 0 radical (unpaired) electrons. The van der Waals surface area contributed by atoms with Gasteiger partial charge >= 0.3 is 0 Å². The molecule has 4 rings (SSSR count). The minimum Gasteiger partial charge on any atom is -0.352 e. The smallest absolute Gasteiger partial charge is 0.161 e. The molecule has 0 spiro atoms. The van der Waals surface area contributed by atoms with Gasteiger partial charge in [-0.05, 0) is 43.7 Å². The second kappa shape index (κ2) is 6.14. The molecule has 3 heterocycles. The van der Waals surface area contributed by atoms with Crippen molar-refractivity contribution in [2.75, 3.05) is 13.2 Å². The molecule has 1 aromatic carbocycles. The van der Waals surface area contributed by atoms with Crippen molar-refractivity contribution in [2.24, 2.45) is 5.92 Å². The molecule has 0 bridgehead atoms. The number of rotatable bonds is 3. The van der Waals surface area contributed by atoms with Crippen LogP contribution in [0.25, 0.3) is 10.9 Å². The topological polar surface area (TPSA) is 23.4 Å². The Morgan fingerprint density at radius 1 is 1.22 bits per heavy atom. The zero-order chi connectivity index (χ0) is 15.8. The molecule has 0 aliphatic carbocycles. The number of benzene rings is 1. The van der Waals surface area contributed by atoms with E-state index in [-0.39, 0.29) is 6.29 Å². The van der Waals surface area contributed by atoms with Crippen LogP contribution < -0.4 is 0 Å². The van der Waals surface area contributed by atoms with Gasteiger partial charge < -0.3 is 14.0 Å². The third kappa shape index (κ3) is 2.43. The van der Waals surface area contributed by atoms with Crippen molar-refractivity contribution >= 4 is 10.9 Å². The molecule has 0 N–H and O–H groups in total. The normalized spacial score (nSPS) is 27.8. The fraction of sp³-hybridized carbons (Fsp3) is 0.500. The monoisotopic (exact) mass is 311 g/mol. The van der Waals surface area contributed by atoms with Crippen LogP contribution >= 0.6 is 0 Å². The molecule has 122 valence electrons. The first-order valence-electron chi connectivity index (χ1n) is 8.73. The number of hydrogen-bond acceptors (Lipinski definition) is 2. The van der Waals surface area contributed by atoms with Crippen LogP contribution in [0.5, 0.6) is 0 Å². The molecule has 23 heavy (non-hydrogen) atoms. The number of allylic oxidation sites excluding steroid dienone is 1. The maximum Gasteiger partial charge on any atom is 0.161 e. The summed E-state index contributed by atoms with van der Waals surface area (Å²) in [7, 11) is 0. The lowest BCUT2D eigenvalue weighted by molar-refractivity contribution is -0.126. The maximum absolute atomic E-state index is 5.94. The van der Waals surface area contributed by atoms with Gasteiger partial charge in [-0.15, -0.1) is 6.58 Å². The summed E-state index contributed by atoms with van der Waals surface area (Å²) in [4.78, 5) is 0. The van der Waals surface area contributed by atoms with Gasteiger partial charge in [0.1, 0.15) is 0 Å². The minimum absolute atomic E-state index is 0.0107. The Morgan fingerprint density at radius 2 is 2.04 bits per heavy atom. The summed E-state index contributed by atoms with van der Waals surface area (Å²) < 4.78 is 14.2. The van der Waals surface area contributed by atoms with Crippen LogP contribution in [-0.4, -0.2) is 24.1 Å². The molecule has 3 heteroatoms. The zero-order valence-electron chi connectivity index (χ0n) is 13.8. The van der Waals surface area contributed by atoms with Gasteiger partial charge in [0.05, 0.1) is 6.61 Å². The highest BCUT2D eigenvalue weighted by Crippen LogP contribution is 2.45. The molecule has 1 aromatic heterocycles. The Hall–Kier alpha value is -1.58. The largest absolute Gasteiger partial charge is 0.352 e. The van der Waals surface area contributed by atoms with E-state index in [0.29, 0.717) is 11.8 Å². The van der Waals surface area contributed by atoms with Crippen molar-refractivity contribution in [3.63, 3.8) is 0 Å². The molecule has 2 aliphatic rings. The highest BCUT2D eigenvalue weighted by Gasteiger charge is 2.39. The van der Waals surface area contributed by atoms with Crippen LogP contribution in [0.2, 0.25) is 0 Å². The SMILES string of the molecule is C=CCn1c(C)c([C@H]2CCCO[C@@H]3OCC[C@@H]32)c2ccccc21. The summed E-state index contributed by atoms with van der Waals surface area (Å²) in [5.41, 5.74) is 4.21. The van der Waals surface area contributed by atoms with E-state index in [0.717, 1.165) is 32.6 Å². The molecule has 3 atom stereocenters. The van der Waals surface area contributed by atoms with Crippen molar-refractivity contribution < 1.29 is 9.47 Å². The Labute approximate surface area is 137 Å². The van der Waals surface area contributed by atoms with Crippen molar-refractivity contribution in [1.29, 1.82) is 0 Å². The Balaban J connectivity index is 1.87. The maximum atomic E-state index is 5.94. The van der Waals surface area contributed by atoms with Crippen LogP contribution in [0.4, 0.5) is 0 Å². The van der Waals surface area contributed by atoms with Crippen LogP contribution in [-0.2, 0) is 16.0 Å². The van der Waals surface area contributed by atoms with E-state index in [2.05, 4.69) is 42.3 Å². The molecule has 2 saturated heterocycles. The summed E-state index contributed by atoms with van der Waals surface area (Å²) in [6.07, 6.45) is 5.38. The fourth-order valence-corrected chi connectivity index (χ4v) is 4.51. The fourth-order valence-electron chi connectivity index (χ4n) is 4.51. The van der Waals surface area contributed by atoms with Crippen molar-refractivity contribution in [3.05, 3.63) is 48.2 Å². The molecule has 0 saturated carbocycles. The van der Waals surface area contributed by atoms with E-state index >= 15 is 0 Å². The van der Waals surface area contributed by atoms with Gasteiger partial charge in [0.25, 0.3) is 0 Å². The summed E-state index contributed by atoms with van der Waals surface area (Å²) in [6.45, 7) is 8.70. The molecule has 2 fully saturated rings. The van der Waals surface area contributed by atoms with E-state index in [1.54, 1.807) is 0 Å². The van der Waals surface area contributed by atoms with Gasteiger partial charge in [-0.1, -0.05) is 24.3 Å². The third-order valence-electron chi connectivity index (χ3n) is 5.50. The first-order valence-corrected chi connectivity index (χ1v) is 8.73. The van der Waals surface area contributed by atoms with Gasteiger partial charge in [0.15, 0.2) is 6.29 Å². The number of hydrogen-bond donors (Lipinski definition) is 0. The van der Waals surface area contributed by atoms with Crippen molar-refractivity contribution in [3.8, 4) is 0 Å². The molecule has 2 aliphatic heterocycles. The van der Waals surface area contributed by atoms with Gasteiger partial charge in [-0.3, -0.25) is 0 Å². The molecule has 3 nitrogen and oxygen atoms in total. The van der Waals surface area contributed by atoms with Crippen LogP contribution in [0.1, 0.15) is 36.4 Å². The number of aromatic nitrogens is 1. The lowest BCUT2D eigenvalue weighted by atomic mass is 9.81. The predicted molar refractivity (Wildman–Crippen MR) is 92.6 cm³/mol. The summed E-state index contributed by atoms with van der Waals surface area (Å²) in [5.74, 6) is 1.01. The number of ether oxygens (including phenoxy) is 2. The average molecular weight is 311 g/mol. The summed E-state index contributed by atoms with van der Waals surface area (Å²) in [6, 6.07) is 8.78. The zero-order valence-corrected chi connectivity index (χ0v) is 13.8. The first-order chi connectivity index (χ1) is 11.3. The van der Waals surface area contributed by atoms with Gasteiger partial charge in [0.2, 0.25) is 0 Å². The molecule has 0 unspecified atom stereocenters. The predicted octanol–water partition coefficient (Wildman–Crippen LogP) is 4.39. The Bertz CT molecular complexity index is 718. The first kappa shape index (κ1) is 15.0. The molecule has 0 amide bonds. The second-order valence-corrected chi connectivity index (χ2v) is 6.73. The Kier molecular flexibility index (Phi) is 4.00. The molecular formula is C20H25NO2. The van der Waals surface area contributed by atoms with E-state index in [1.807, 2.05) is 6.08 Å². The van der Waals surface area contributed by atoms with Crippen LogP contribution in [0.3, 0.4) is 0 Å². The van der Waals surface area contributed by atoms with Crippen molar-refractivity contribution in [1.82, 2.24) is 4.57 Å². The number of nitrogens with zero attached hydrogens (tertiary/aromatic N) is 1. The van der Waals surface area contributed by atoms with Gasteiger partial charge in [-0.25, -0.2) is 0 Å². The van der Waals surface area contributed by atoms with Crippen LogP contribution in [0, 0.1) is 12.8 Å².